The molecule has 2 aromatic heterocycles. The fourth-order valence-electron chi connectivity index (χ4n) is 3.42. The molecule has 2 aromatic rings. The Morgan fingerprint density at radius 1 is 1.05 bits per heavy atom. The molecule has 1 saturated heterocycles. The highest BCUT2D eigenvalue weighted by Crippen LogP contribution is 2.21. The van der Waals surface area contributed by atoms with Crippen LogP contribution in [0.1, 0.15) is 50.5 Å². The van der Waals surface area contributed by atoms with Crippen molar-refractivity contribution in [3.8, 4) is 0 Å². The molecule has 1 atom stereocenters. The van der Waals surface area contributed by atoms with Gasteiger partial charge in [-0.2, -0.15) is 0 Å². The van der Waals surface area contributed by atoms with Gasteiger partial charge in [0.1, 0.15) is 11.6 Å². The van der Waals surface area contributed by atoms with Crippen LogP contribution in [0.3, 0.4) is 0 Å². The molecule has 0 unspecified atom stereocenters. The largest absolute Gasteiger partial charge is 0.478 e. The summed E-state index contributed by atoms with van der Waals surface area (Å²) in [6.07, 6.45) is 5.09. The van der Waals surface area contributed by atoms with Crippen LogP contribution in [0.15, 0.2) is 24.8 Å². The van der Waals surface area contributed by atoms with E-state index in [9.17, 15) is 14.4 Å². The van der Waals surface area contributed by atoms with E-state index in [-0.39, 0.29) is 37.1 Å². The standard InChI is InChI=1S/C24H33N7O6/c1-15(2)14-36-20(34)18-13-30(6-7-31(18)22-27-11-17(12-28-22)19(32)33)21-25-8-16(9-26-21)10-29-23(35)37-24(3,4)5/h8-9,11-12,15,18H,6-7,10,13-14H2,1-5H3,(H,29,35)(H,32,33)/t18-/m1/s1. The number of carbonyl (C=O) groups excluding carboxylic acids is 2. The molecule has 0 aliphatic carbocycles. The Labute approximate surface area is 215 Å². The van der Waals surface area contributed by atoms with Gasteiger partial charge in [-0.25, -0.2) is 34.3 Å². The molecular formula is C24H33N7O6. The number of aromatic nitrogens is 4. The first-order valence-electron chi connectivity index (χ1n) is 11.9. The second-order valence-corrected chi connectivity index (χ2v) is 10.0. The molecule has 1 aliphatic heterocycles. The lowest BCUT2D eigenvalue weighted by Crippen LogP contribution is -2.58. The monoisotopic (exact) mass is 515 g/mol. The van der Waals surface area contributed by atoms with Gasteiger partial charge in [0.25, 0.3) is 0 Å². The Balaban J connectivity index is 1.70. The van der Waals surface area contributed by atoms with Gasteiger partial charge in [0.05, 0.1) is 18.7 Å². The number of carboxylic acids is 1. The highest BCUT2D eigenvalue weighted by Gasteiger charge is 2.36. The number of amides is 1. The van der Waals surface area contributed by atoms with Crippen LogP contribution in [-0.2, 0) is 20.8 Å². The molecule has 0 spiro atoms. The second kappa shape index (κ2) is 11.8. The maximum Gasteiger partial charge on any atom is 0.407 e. The molecule has 1 aliphatic rings. The topological polar surface area (TPSA) is 160 Å². The lowest BCUT2D eigenvalue weighted by atomic mass is 10.1. The first-order valence-corrected chi connectivity index (χ1v) is 11.9. The van der Waals surface area contributed by atoms with Crippen molar-refractivity contribution in [2.24, 2.45) is 5.92 Å². The van der Waals surface area contributed by atoms with Gasteiger partial charge in [0.2, 0.25) is 11.9 Å². The minimum atomic E-state index is -1.13. The van der Waals surface area contributed by atoms with Gasteiger partial charge in [-0.1, -0.05) is 13.8 Å². The lowest BCUT2D eigenvalue weighted by Gasteiger charge is -2.40. The van der Waals surface area contributed by atoms with Crippen molar-refractivity contribution in [3.05, 3.63) is 35.9 Å². The number of aromatic carboxylic acids is 1. The number of carboxylic acid groups (broad SMARTS) is 1. The summed E-state index contributed by atoms with van der Waals surface area (Å²) in [5, 5.41) is 11.8. The molecule has 3 rings (SSSR count). The molecule has 0 bridgehead atoms. The highest BCUT2D eigenvalue weighted by atomic mass is 16.6. The van der Waals surface area contributed by atoms with Crippen molar-refractivity contribution in [1.82, 2.24) is 25.3 Å². The van der Waals surface area contributed by atoms with E-state index in [2.05, 4.69) is 25.3 Å². The highest BCUT2D eigenvalue weighted by molar-refractivity contribution is 5.87. The summed E-state index contributed by atoms with van der Waals surface area (Å²) in [6.45, 7) is 10.8. The second-order valence-electron chi connectivity index (χ2n) is 10.0. The van der Waals surface area contributed by atoms with Gasteiger partial charge in [0, 0.05) is 50.0 Å². The molecule has 2 N–H and O–H groups in total. The summed E-state index contributed by atoms with van der Waals surface area (Å²) in [6, 6.07) is -0.750. The van der Waals surface area contributed by atoms with Crippen molar-refractivity contribution in [2.45, 2.75) is 52.8 Å². The summed E-state index contributed by atoms with van der Waals surface area (Å²) >= 11 is 0. The molecule has 1 fully saturated rings. The van der Waals surface area contributed by atoms with Crippen LogP contribution in [0.4, 0.5) is 16.7 Å². The number of piperazine rings is 1. The predicted octanol–water partition coefficient (Wildman–Crippen LogP) is 1.88. The SMILES string of the molecule is CC(C)COC(=O)[C@H]1CN(c2ncc(CNC(=O)OC(C)(C)C)cn2)CCN1c1ncc(C(=O)O)cn1. The van der Waals surface area contributed by atoms with E-state index in [1.54, 1.807) is 38.1 Å². The van der Waals surface area contributed by atoms with Crippen LogP contribution in [-0.4, -0.2) is 81.0 Å². The normalized spacial score (nSPS) is 15.9. The predicted molar refractivity (Wildman–Crippen MR) is 133 cm³/mol. The Hall–Kier alpha value is -4.03. The number of ether oxygens (including phenoxy) is 2. The molecule has 3 heterocycles. The van der Waals surface area contributed by atoms with Gasteiger partial charge < -0.3 is 29.7 Å². The Morgan fingerprint density at radius 2 is 1.68 bits per heavy atom. The minimum absolute atomic E-state index is 0.0454. The third-order valence-corrected chi connectivity index (χ3v) is 5.16. The van der Waals surface area contributed by atoms with Crippen molar-refractivity contribution >= 4 is 29.9 Å². The molecular weight excluding hydrogens is 482 g/mol. The Bertz CT molecular complexity index is 1090. The average molecular weight is 516 g/mol. The number of alkyl carbamates (subject to hydrolysis) is 1. The number of anilines is 2. The molecule has 37 heavy (non-hydrogen) atoms. The lowest BCUT2D eigenvalue weighted by molar-refractivity contribution is -0.146. The maximum atomic E-state index is 13.0. The van der Waals surface area contributed by atoms with Crippen molar-refractivity contribution < 1.29 is 29.0 Å². The summed E-state index contributed by atoms with van der Waals surface area (Å²) in [7, 11) is 0. The first kappa shape index (κ1) is 27.6. The van der Waals surface area contributed by atoms with E-state index >= 15 is 0 Å². The van der Waals surface area contributed by atoms with Crippen LogP contribution >= 0.6 is 0 Å². The van der Waals surface area contributed by atoms with E-state index in [0.717, 1.165) is 0 Å². The molecule has 13 heteroatoms. The van der Waals surface area contributed by atoms with E-state index in [4.69, 9.17) is 14.6 Å². The fourth-order valence-corrected chi connectivity index (χ4v) is 3.42. The number of rotatable bonds is 8. The Kier molecular flexibility index (Phi) is 8.79. The van der Waals surface area contributed by atoms with Gasteiger partial charge in [-0.3, -0.25) is 0 Å². The number of carbonyl (C=O) groups is 3. The molecule has 1 amide bonds. The molecule has 13 nitrogen and oxygen atoms in total. The molecule has 0 aromatic carbocycles. The third kappa shape index (κ3) is 7.98. The zero-order valence-electron chi connectivity index (χ0n) is 21.7. The first-order chi connectivity index (χ1) is 17.4. The summed E-state index contributed by atoms with van der Waals surface area (Å²) in [4.78, 5) is 56.7. The zero-order chi connectivity index (χ0) is 27.2. The fraction of sp³-hybridized carbons (Fsp3) is 0.542. The van der Waals surface area contributed by atoms with E-state index in [1.807, 2.05) is 18.7 Å². The van der Waals surface area contributed by atoms with Crippen LogP contribution in [0.25, 0.3) is 0 Å². The van der Waals surface area contributed by atoms with Crippen molar-refractivity contribution in [3.63, 3.8) is 0 Å². The number of esters is 1. The Morgan fingerprint density at radius 3 is 2.24 bits per heavy atom. The smallest absolute Gasteiger partial charge is 0.407 e. The summed E-state index contributed by atoms with van der Waals surface area (Å²) < 4.78 is 10.7. The number of nitrogens with one attached hydrogen (secondary N) is 1. The van der Waals surface area contributed by atoms with Crippen molar-refractivity contribution in [2.75, 3.05) is 36.0 Å². The van der Waals surface area contributed by atoms with E-state index in [1.165, 1.54) is 12.4 Å². The summed E-state index contributed by atoms with van der Waals surface area (Å²) in [5.74, 6) is -0.757. The molecule has 200 valence electrons. The minimum Gasteiger partial charge on any atom is -0.478 e. The van der Waals surface area contributed by atoms with Crippen LogP contribution in [0.2, 0.25) is 0 Å². The number of nitrogens with zero attached hydrogens (tertiary/aromatic N) is 6. The van der Waals surface area contributed by atoms with E-state index < -0.39 is 29.7 Å². The van der Waals surface area contributed by atoms with Crippen LogP contribution in [0.5, 0.6) is 0 Å². The van der Waals surface area contributed by atoms with E-state index in [0.29, 0.717) is 24.6 Å². The quantitative estimate of drug-likeness (QED) is 0.492. The van der Waals surface area contributed by atoms with Crippen molar-refractivity contribution in [1.29, 1.82) is 0 Å². The van der Waals surface area contributed by atoms with Gasteiger partial charge >= 0.3 is 18.0 Å². The van der Waals surface area contributed by atoms with Gasteiger partial charge in [-0.05, 0) is 26.7 Å². The van der Waals surface area contributed by atoms with Gasteiger partial charge in [0.15, 0.2) is 0 Å². The van der Waals surface area contributed by atoms with Gasteiger partial charge in [-0.15, -0.1) is 0 Å². The number of hydrogen-bond acceptors (Lipinski definition) is 11. The zero-order valence-corrected chi connectivity index (χ0v) is 21.7. The third-order valence-electron chi connectivity index (χ3n) is 5.16. The maximum absolute atomic E-state index is 13.0. The molecule has 0 saturated carbocycles. The van der Waals surface area contributed by atoms with Crippen LogP contribution < -0.4 is 15.1 Å². The average Bonchev–Trinajstić information content (AvgIpc) is 2.85. The molecule has 0 radical (unpaired) electrons. The number of hydrogen-bond donors (Lipinski definition) is 2. The van der Waals surface area contributed by atoms with Crippen LogP contribution in [0, 0.1) is 5.92 Å². The summed E-state index contributed by atoms with van der Waals surface area (Å²) in [5.41, 5.74) is 0.0482.